The van der Waals surface area contributed by atoms with Crippen LogP contribution in [-0.4, -0.2) is 51.0 Å². The van der Waals surface area contributed by atoms with E-state index in [0.717, 1.165) is 25.8 Å². The van der Waals surface area contributed by atoms with E-state index in [2.05, 4.69) is 5.32 Å². The topological polar surface area (TPSA) is 75.7 Å². The maximum absolute atomic E-state index is 13.2. The van der Waals surface area contributed by atoms with Gasteiger partial charge in [0.1, 0.15) is 0 Å². The van der Waals surface area contributed by atoms with Crippen molar-refractivity contribution in [2.75, 3.05) is 20.2 Å². The lowest BCUT2D eigenvalue weighted by molar-refractivity contribution is 0.0596. The van der Waals surface area contributed by atoms with Crippen LogP contribution in [0.1, 0.15) is 29.6 Å². The fourth-order valence-electron chi connectivity index (χ4n) is 3.43. The molecule has 0 spiro atoms. The summed E-state index contributed by atoms with van der Waals surface area (Å²) in [6.07, 6.45) is 2.44. The molecule has 0 amide bonds. The van der Waals surface area contributed by atoms with Crippen molar-refractivity contribution in [2.24, 2.45) is 0 Å². The first-order valence-electron chi connectivity index (χ1n) is 7.57. The SMILES string of the molecule is COC(=O)c1ccc(Cl)cc1S(=O)(=O)N1C2CCNCC1CC2.Cl. The Kier molecular flexibility index (Phi) is 6.14. The zero-order valence-electron chi connectivity index (χ0n) is 13.2. The monoisotopic (exact) mass is 394 g/mol. The molecule has 2 bridgehead atoms. The molecule has 0 radical (unpaired) electrons. The number of hydrogen-bond donors (Lipinski definition) is 1. The molecular formula is C15H20Cl2N2O4S. The van der Waals surface area contributed by atoms with E-state index in [9.17, 15) is 13.2 Å². The number of fused-ring (bicyclic) bond motifs is 2. The first kappa shape index (κ1) is 19.5. The van der Waals surface area contributed by atoms with Crippen LogP contribution in [0.2, 0.25) is 5.02 Å². The van der Waals surface area contributed by atoms with Gasteiger partial charge in [0, 0.05) is 23.7 Å². The predicted molar refractivity (Wildman–Crippen MR) is 93.4 cm³/mol. The van der Waals surface area contributed by atoms with Crippen LogP contribution in [0.5, 0.6) is 0 Å². The largest absolute Gasteiger partial charge is 0.465 e. The summed E-state index contributed by atoms with van der Waals surface area (Å²) in [6, 6.07) is 4.10. The van der Waals surface area contributed by atoms with Gasteiger partial charge in [-0.2, -0.15) is 4.31 Å². The molecule has 2 aliphatic rings. The lowest BCUT2D eigenvalue weighted by Crippen LogP contribution is -2.42. The minimum atomic E-state index is -3.82. The van der Waals surface area contributed by atoms with Crippen molar-refractivity contribution in [1.29, 1.82) is 0 Å². The number of esters is 1. The minimum absolute atomic E-state index is 0. The lowest BCUT2D eigenvalue weighted by atomic mass is 10.1. The maximum Gasteiger partial charge on any atom is 0.339 e. The summed E-state index contributed by atoms with van der Waals surface area (Å²) in [5, 5.41) is 3.54. The number of nitrogens with zero attached hydrogens (tertiary/aromatic N) is 1. The Labute approximate surface area is 153 Å². The van der Waals surface area contributed by atoms with E-state index in [-0.39, 0.29) is 40.0 Å². The maximum atomic E-state index is 13.2. The first-order valence-corrected chi connectivity index (χ1v) is 9.39. The second kappa shape index (κ2) is 7.58. The highest BCUT2D eigenvalue weighted by atomic mass is 35.5. The number of carbonyl (C=O) groups is 1. The van der Waals surface area contributed by atoms with Crippen LogP contribution in [0.25, 0.3) is 0 Å². The van der Waals surface area contributed by atoms with Gasteiger partial charge in [0.05, 0.1) is 17.6 Å². The number of carbonyl (C=O) groups excluding carboxylic acids is 1. The van der Waals surface area contributed by atoms with Gasteiger partial charge in [0.2, 0.25) is 10.0 Å². The lowest BCUT2D eigenvalue weighted by Gasteiger charge is -2.27. The average Bonchev–Trinajstić information content (AvgIpc) is 2.80. The van der Waals surface area contributed by atoms with Gasteiger partial charge in [-0.1, -0.05) is 11.6 Å². The second-order valence-corrected chi connectivity index (χ2v) is 8.09. The van der Waals surface area contributed by atoms with Crippen LogP contribution in [0.4, 0.5) is 0 Å². The molecule has 6 nitrogen and oxygen atoms in total. The van der Waals surface area contributed by atoms with Crippen LogP contribution in [-0.2, 0) is 14.8 Å². The quantitative estimate of drug-likeness (QED) is 0.793. The molecule has 1 N–H and O–H groups in total. The number of sulfonamides is 1. The van der Waals surface area contributed by atoms with E-state index in [0.29, 0.717) is 6.54 Å². The van der Waals surface area contributed by atoms with E-state index >= 15 is 0 Å². The van der Waals surface area contributed by atoms with Crippen LogP contribution < -0.4 is 5.32 Å². The normalized spacial score (nSPS) is 24.1. The predicted octanol–water partition coefficient (Wildman–Crippen LogP) is 2.06. The van der Waals surface area contributed by atoms with Crippen molar-refractivity contribution >= 4 is 40.0 Å². The van der Waals surface area contributed by atoms with Gasteiger partial charge in [0.25, 0.3) is 0 Å². The molecule has 134 valence electrons. The molecule has 24 heavy (non-hydrogen) atoms. The van der Waals surface area contributed by atoms with Gasteiger partial charge >= 0.3 is 5.97 Å². The molecule has 2 unspecified atom stereocenters. The Morgan fingerprint density at radius 1 is 1.29 bits per heavy atom. The van der Waals surface area contributed by atoms with Crippen LogP contribution >= 0.6 is 24.0 Å². The third-order valence-corrected chi connectivity index (χ3v) is 6.77. The summed E-state index contributed by atoms with van der Waals surface area (Å²) < 4.78 is 32.7. The Hall–Kier alpha value is -0.860. The number of methoxy groups -OCH3 is 1. The molecule has 0 aromatic heterocycles. The first-order chi connectivity index (χ1) is 10.9. The fraction of sp³-hybridized carbons (Fsp3) is 0.533. The molecule has 1 aromatic carbocycles. The number of nitrogens with one attached hydrogen (secondary N) is 1. The molecule has 9 heteroatoms. The molecule has 2 aliphatic heterocycles. The van der Waals surface area contributed by atoms with Crippen molar-refractivity contribution in [1.82, 2.24) is 9.62 Å². The third kappa shape index (κ3) is 3.41. The van der Waals surface area contributed by atoms with Gasteiger partial charge in [-0.15, -0.1) is 12.4 Å². The molecule has 2 atom stereocenters. The van der Waals surface area contributed by atoms with Crippen molar-refractivity contribution < 1.29 is 17.9 Å². The van der Waals surface area contributed by atoms with E-state index in [1.54, 1.807) is 4.31 Å². The highest BCUT2D eigenvalue weighted by Gasteiger charge is 2.44. The number of ether oxygens (including phenoxy) is 1. The number of rotatable bonds is 3. The minimum Gasteiger partial charge on any atom is -0.465 e. The number of benzene rings is 1. The van der Waals surface area contributed by atoms with Gasteiger partial charge in [-0.25, -0.2) is 13.2 Å². The second-order valence-electron chi connectivity index (χ2n) is 5.84. The molecular weight excluding hydrogens is 375 g/mol. The Balaban J connectivity index is 0.00000208. The summed E-state index contributed by atoms with van der Waals surface area (Å²) in [7, 11) is -2.59. The Morgan fingerprint density at radius 3 is 2.71 bits per heavy atom. The summed E-state index contributed by atoms with van der Waals surface area (Å²) in [6.45, 7) is 1.43. The van der Waals surface area contributed by atoms with Crippen molar-refractivity contribution in [3.05, 3.63) is 28.8 Å². The van der Waals surface area contributed by atoms with Gasteiger partial charge in [-0.05, 0) is 44.0 Å². The van der Waals surface area contributed by atoms with E-state index in [1.165, 1.54) is 25.3 Å². The van der Waals surface area contributed by atoms with Crippen molar-refractivity contribution in [3.8, 4) is 0 Å². The van der Waals surface area contributed by atoms with Gasteiger partial charge in [-0.3, -0.25) is 0 Å². The van der Waals surface area contributed by atoms with Crippen LogP contribution in [0.3, 0.4) is 0 Å². The molecule has 0 aliphatic carbocycles. The van der Waals surface area contributed by atoms with Gasteiger partial charge < -0.3 is 10.1 Å². The average molecular weight is 395 g/mol. The van der Waals surface area contributed by atoms with Gasteiger partial charge in [0.15, 0.2) is 0 Å². The molecule has 2 heterocycles. The molecule has 3 rings (SSSR count). The molecule has 2 fully saturated rings. The zero-order chi connectivity index (χ0) is 16.6. The molecule has 0 saturated carbocycles. The fourth-order valence-corrected chi connectivity index (χ4v) is 5.78. The van der Waals surface area contributed by atoms with E-state index in [1.807, 2.05) is 0 Å². The van der Waals surface area contributed by atoms with E-state index < -0.39 is 16.0 Å². The number of halogens is 2. The third-order valence-electron chi connectivity index (χ3n) is 4.49. The summed E-state index contributed by atoms with van der Waals surface area (Å²) >= 11 is 5.98. The zero-order valence-corrected chi connectivity index (χ0v) is 15.6. The van der Waals surface area contributed by atoms with Crippen LogP contribution in [0.15, 0.2) is 23.1 Å². The Morgan fingerprint density at radius 2 is 2.00 bits per heavy atom. The van der Waals surface area contributed by atoms with E-state index in [4.69, 9.17) is 16.3 Å². The highest BCUT2D eigenvalue weighted by Crippen LogP contribution is 2.35. The number of hydrogen-bond acceptors (Lipinski definition) is 5. The molecule has 2 saturated heterocycles. The van der Waals surface area contributed by atoms with Crippen molar-refractivity contribution in [2.45, 2.75) is 36.2 Å². The smallest absolute Gasteiger partial charge is 0.339 e. The van der Waals surface area contributed by atoms with Crippen molar-refractivity contribution in [3.63, 3.8) is 0 Å². The van der Waals surface area contributed by atoms with Crippen LogP contribution in [0, 0.1) is 0 Å². The highest BCUT2D eigenvalue weighted by molar-refractivity contribution is 7.89. The Bertz CT molecular complexity index is 712. The standard InChI is InChI=1S/C15H19ClN2O4S.ClH/c1-22-15(19)13-5-2-10(16)8-14(13)23(20,21)18-11-3-4-12(18)9-17-7-6-11;/h2,5,8,11-12,17H,3-4,6-7,9H2,1H3;1H. The summed E-state index contributed by atoms with van der Waals surface area (Å²) in [5.41, 5.74) is 0.0218. The molecule has 1 aromatic rings. The summed E-state index contributed by atoms with van der Waals surface area (Å²) in [5.74, 6) is -0.680. The summed E-state index contributed by atoms with van der Waals surface area (Å²) in [4.78, 5) is 11.9.